The quantitative estimate of drug-likeness (QED) is 0.0644. The van der Waals surface area contributed by atoms with Crippen molar-refractivity contribution in [1.29, 1.82) is 0 Å². The fourth-order valence-electron chi connectivity index (χ4n) is 5.08. The molecule has 0 unspecified atom stereocenters. The lowest BCUT2D eigenvalue weighted by Gasteiger charge is -2.19. The van der Waals surface area contributed by atoms with E-state index in [1.807, 2.05) is 0 Å². The molecule has 2 nitrogen and oxygen atoms in total. The molecule has 0 saturated heterocycles. The van der Waals surface area contributed by atoms with Crippen molar-refractivity contribution in [2.75, 3.05) is 0 Å². The van der Waals surface area contributed by atoms with Gasteiger partial charge in [0.2, 0.25) is 0 Å². The summed E-state index contributed by atoms with van der Waals surface area (Å²) in [4.78, 5) is 3.43. The predicted octanol–water partition coefficient (Wildman–Crippen LogP) is 10.6. The van der Waals surface area contributed by atoms with Gasteiger partial charge in [0.25, 0.3) is 0 Å². The van der Waals surface area contributed by atoms with E-state index in [-0.39, 0.29) is 0 Å². The molecule has 2 aromatic rings. The summed E-state index contributed by atoms with van der Waals surface area (Å²) in [6.45, 7) is 9.01. The Kier molecular flexibility index (Phi) is 15.3. The number of nitrogens with zero attached hydrogens (tertiary/aromatic N) is 2. The van der Waals surface area contributed by atoms with E-state index in [2.05, 4.69) is 86.9 Å². The van der Waals surface area contributed by atoms with E-state index in [1.54, 1.807) is 0 Å². The third-order valence-electron chi connectivity index (χ3n) is 7.23. The number of benzene rings is 2. The van der Waals surface area contributed by atoms with Crippen LogP contribution in [0.4, 0.5) is 0 Å². The van der Waals surface area contributed by atoms with Crippen LogP contribution in [0.2, 0.25) is 0 Å². The van der Waals surface area contributed by atoms with Gasteiger partial charge in [-0.3, -0.25) is 0 Å². The molecule has 0 aromatic heterocycles. The Morgan fingerprint density at radius 1 is 0.649 bits per heavy atom. The summed E-state index contributed by atoms with van der Waals surface area (Å²) in [5.41, 5.74) is 18.6. The fourth-order valence-corrected chi connectivity index (χ4v) is 5.08. The Balaban J connectivity index is 2.70. The van der Waals surface area contributed by atoms with Crippen LogP contribution in [-0.2, 0) is 12.8 Å². The highest BCUT2D eigenvalue weighted by Crippen LogP contribution is 2.35. The topological polar surface area (TPSA) is 36.4 Å². The Bertz CT molecular complexity index is 1050. The average molecular weight is 499 g/mol. The van der Waals surface area contributed by atoms with E-state index in [4.69, 9.17) is 0 Å². The molecule has 0 fully saturated rings. The van der Waals surface area contributed by atoms with Gasteiger partial charge in [0.15, 0.2) is 0 Å². The summed E-state index contributed by atoms with van der Waals surface area (Å²) >= 11 is 0. The van der Waals surface area contributed by atoms with Gasteiger partial charge in [0, 0.05) is 0 Å². The molecule has 0 saturated carbocycles. The fraction of sp³-hybridized carbons (Fsp3) is 0.543. The van der Waals surface area contributed by atoms with E-state index in [9.17, 15) is 5.53 Å². The average Bonchev–Trinajstić information content (AvgIpc) is 2.92. The number of hydrogen-bond donors (Lipinski definition) is 0. The summed E-state index contributed by atoms with van der Waals surface area (Å²) in [6.07, 6.45) is 17.3. The van der Waals surface area contributed by atoms with Crippen molar-refractivity contribution >= 4 is 11.4 Å². The van der Waals surface area contributed by atoms with Crippen molar-refractivity contribution < 1.29 is 4.79 Å². The third kappa shape index (κ3) is 10.7. The van der Waals surface area contributed by atoms with Crippen LogP contribution in [0.5, 0.6) is 0 Å². The molecule has 2 heteroatoms. The maximum atomic E-state index is 9.59. The lowest BCUT2D eigenvalue weighted by molar-refractivity contribution is 0.00739. The van der Waals surface area contributed by atoms with E-state index >= 15 is 0 Å². The summed E-state index contributed by atoms with van der Waals surface area (Å²) in [5.74, 6) is 3.02. The van der Waals surface area contributed by atoms with Gasteiger partial charge < -0.3 is 5.53 Å². The van der Waals surface area contributed by atoms with Gasteiger partial charge in [-0.25, -0.2) is 0 Å². The molecule has 0 amide bonds. The SMILES string of the molecule is CCCCCCc1cccc(C(=C(CCCC)C(=C=[N+]=[N-])CCCCC)c2cccc(CCCC)c2)c1. The molecule has 37 heavy (non-hydrogen) atoms. The van der Waals surface area contributed by atoms with Gasteiger partial charge in [-0.05, 0) is 84.8 Å². The summed E-state index contributed by atoms with van der Waals surface area (Å²) < 4.78 is 0. The van der Waals surface area contributed by atoms with Gasteiger partial charge in [-0.2, -0.15) is 0 Å². The zero-order valence-corrected chi connectivity index (χ0v) is 24.1. The Morgan fingerprint density at radius 2 is 1.22 bits per heavy atom. The molecule has 0 N–H and O–H groups in total. The van der Waals surface area contributed by atoms with E-state index in [0.717, 1.165) is 50.5 Å². The normalized spacial score (nSPS) is 11.6. The molecule has 2 rings (SSSR count). The zero-order chi connectivity index (χ0) is 26.7. The first-order chi connectivity index (χ1) is 18.2. The summed E-state index contributed by atoms with van der Waals surface area (Å²) in [7, 11) is 0. The lowest BCUT2D eigenvalue weighted by Crippen LogP contribution is -2.02. The number of rotatable bonds is 18. The predicted molar refractivity (Wildman–Crippen MR) is 161 cm³/mol. The molecule has 200 valence electrons. The lowest BCUT2D eigenvalue weighted by atomic mass is 9.84. The molecule has 0 aliphatic heterocycles. The van der Waals surface area contributed by atoms with Crippen LogP contribution in [0.15, 0.2) is 59.7 Å². The van der Waals surface area contributed by atoms with Gasteiger partial charge in [0.1, 0.15) is 0 Å². The second kappa shape index (κ2) is 18.6. The highest BCUT2D eigenvalue weighted by atomic mass is 14.8. The largest absolute Gasteiger partial charge is 0.348 e. The first kappa shape index (κ1) is 30.6. The van der Waals surface area contributed by atoms with Crippen LogP contribution in [-0.4, -0.2) is 10.7 Å². The van der Waals surface area contributed by atoms with E-state index < -0.39 is 0 Å². The monoisotopic (exact) mass is 498 g/mol. The standard InChI is InChI=1S/C35H50N2/c1-5-9-13-15-19-30-21-17-24-32(27-30)35(31-23-16-20-29(26-31)18-11-7-3)34(25-12-8-4)33(28-37-36)22-14-10-6-2/h16-17,20-21,23-24,26-27H,5-15,18-19,22,25H2,1-4H3. The number of allylic oxidation sites excluding steroid dienone is 2. The van der Waals surface area contributed by atoms with Crippen LogP contribution in [0.3, 0.4) is 0 Å². The number of hydrogen-bond acceptors (Lipinski definition) is 0. The Labute approximate surface area is 227 Å². The van der Waals surface area contributed by atoms with Crippen LogP contribution >= 0.6 is 0 Å². The van der Waals surface area contributed by atoms with Gasteiger partial charge >= 0.3 is 5.87 Å². The summed E-state index contributed by atoms with van der Waals surface area (Å²) in [5, 5.41) is 0. The molecule has 0 spiro atoms. The Morgan fingerprint density at radius 3 is 1.78 bits per heavy atom. The van der Waals surface area contributed by atoms with Crippen molar-refractivity contribution in [3.63, 3.8) is 0 Å². The van der Waals surface area contributed by atoms with Gasteiger partial charge in [-0.1, -0.05) is 121 Å². The second-order valence-corrected chi connectivity index (χ2v) is 10.4. The Hall–Kier alpha value is -2.66. The minimum atomic E-state index is 0.896. The third-order valence-corrected chi connectivity index (χ3v) is 7.23. The van der Waals surface area contributed by atoms with Crippen LogP contribution < -0.4 is 0 Å². The van der Waals surface area contributed by atoms with Crippen molar-refractivity contribution in [2.24, 2.45) is 0 Å². The van der Waals surface area contributed by atoms with Crippen LogP contribution in [0, 0.1) is 0 Å². The zero-order valence-electron chi connectivity index (χ0n) is 24.1. The summed E-state index contributed by atoms with van der Waals surface area (Å²) in [6, 6.07) is 18.3. The first-order valence-corrected chi connectivity index (χ1v) is 15.1. The molecule has 2 aromatic carbocycles. The van der Waals surface area contributed by atoms with Crippen molar-refractivity contribution in [2.45, 2.75) is 124 Å². The maximum Gasteiger partial charge on any atom is 0.303 e. The maximum absolute atomic E-state index is 9.59. The molecular weight excluding hydrogens is 448 g/mol. The van der Waals surface area contributed by atoms with Crippen molar-refractivity contribution in [3.05, 3.63) is 87.5 Å². The van der Waals surface area contributed by atoms with E-state index in [1.165, 1.54) is 84.8 Å². The minimum Gasteiger partial charge on any atom is -0.348 e. The molecule has 0 radical (unpaired) electrons. The number of aryl methyl sites for hydroxylation is 2. The van der Waals surface area contributed by atoms with Gasteiger partial charge in [-0.15, -0.1) is 4.79 Å². The van der Waals surface area contributed by atoms with Crippen LogP contribution in [0.25, 0.3) is 11.1 Å². The second-order valence-electron chi connectivity index (χ2n) is 10.4. The first-order valence-electron chi connectivity index (χ1n) is 15.1. The molecule has 0 atom stereocenters. The van der Waals surface area contributed by atoms with Crippen LogP contribution in [0.1, 0.15) is 133 Å². The minimum absolute atomic E-state index is 0.896. The molecular formula is C35H50N2. The highest BCUT2D eigenvalue weighted by Gasteiger charge is 2.18. The number of unbranched alkanes of at least 4 members (excludes halogenated alkanes) is 7. The van der Waals surface area contributed by atoms with Crippen molar-refractivity contribution in [3.8, 4) is 0 Å². The van der Waals surface area contributed by atoms with Gasteiger partial charge in [0.05, 0.1) is 5.57 Å². The smallest absolute Gasteiger partial charge is 0.303 e. The highest BCUT2D eigenvalue weighted by molar-refractivity contribution is 5.87. The van der Waals surface area contributed by atoms with E-state index in [0.29, 0.717) is 0 Å². The molecule has 0 aliphatic rings. The molecule has 0 heterocycles. The molecule has 0 bridgehead atoms. The van der Waals surface area contributed by atoms with Crippen molar-refractivity contribution in [1.82, 2.24) is 0 Å². The molecule has 0 aliphatic carbocycles.